The highest BCUT2D eigenvalue weighted by Gasteiger charge is 2.36. The van der Waals surface area contributed by atoms with Gasteiger partial charge in [0.1, 0.15) is 73.3 Å². The predicted octanol–water partition coefficient (Wildman–Crippen LogP) is 9.00. The first-order valence-electron chi connectivity index (χ1n) is 34.6. The highest BCUT2D eigenvalue weighted by Crippen LogP contribution is 2.24. The van der Waals surface area contributed by atoms with Crippen LogP contribution in [0, 0.1) is 17.8 Å². The summed E-state index contributed by atoms with van der Waals surface area (Å²) < 4.78 is 22.3. The average Bonchev–Trinajstić information content (AvgIpc) is 0.829. The molecule has 24 nitrogen and oxygen atoms in total. The normalized spacial score (nSPS) is 14.9. The van der Waals surface area contributed by atoms with Gasteiger partial charge >= 0.3 is 24.1 Å². The lowest BCUT2D eigenvalue weighted by molar-refractivity contribution is -0.151. The monoisotopic (exact) mass is 1390 g/mol. The van der Waals surface area contributed by atoms with E-state index in [-0.39, 0.29) is 95.0 Å². The number of halogens is 1. The van der Waals surface area contributed by atoms with Crippen molar-refractivity contribution in [3.8, 4) is 0 Å². The third kappa shape index (κ3) is 29.7. The number of alkyl carbamates (subject to hydrolysis) is 2. The molecule has 0 saturated heterocycles. The van der Waals surface area contributed by atoms with Crippen LogP contribution >= 0.6 is 11.6 Å². The van der Waals surface area contributed by atoms with E-state index in [1.54, 1.807) is 57.2 Å². The summed E-state index contributed by atoms with van der Waals surface area (Å²) in [5.74, 6) is -7.33. The quantitative estimate of drug-likeness (QED) is 0.0116. The predicted molar refractivity (Wildman–Crippen MR) is 376 cm³/mol. The molecule has 8 atom stereocenters. The van der Waals surface area contributed by atoms with Crippen LogP contribution in [-0.4, -0.2) is 132 Å². The zero-order chi connectivity index (χ0) is 72.8. The largest absolute Gasteiger partial charge is 0.462 e. The molecule has 99 heavy (non-hydrogen) atoms. The fraction of sp³-hybridized carbons (Fsp3) is 0.554. The fourth-order valence-corrected chi connectivity index (χ4v) is 11.3. The van der Waals surface area contributed by atoms with Crippen molar-refractivity contribution in [2.75, 3.05) is 6.54 Å². The molecule has 9 amide bonds. The van der Waals surface area contributed by atoms with Crippen molar-refractivity contribution in [2.24, 2.45) is 17.8 Å². The smallest absolute Gasteiger partial charge is 0.408 e. The second-order valence-electron chi connectivity index (χ2n) is 27.7. The maximum absolute atomic E-state index is 14.9. The van der Waals surface area contributed by atoms with Gasteiger partial charge in [0.25, 0.3) is 0 Å². The molecule has 542 valence electrons. The van der Waals surface area contributed by atoms with Crippen LogP contribution in [0.15, 0.2) is 97.1 Å². The van der Waals surface area contributed by atoms with Crippen LogP contribution in [0.1, 0.15) is 176 Å². The van der Waals surface area contributed by atoms with Gasteiger partial charge < -0.3 is 66.8 Å². The molecule has 0 radical (unpaired) electrons. The second kappa shape index (κ2) is 40.9. The molecule has 1 fully saturated rings. The van der Waals surface area contributed by atoms with Crippen molar-refractivity contribution < 1.29 is 71.7 Å². The van der Waals surface area contributed by atoms with E-state index in [4.69, 9.17) is 30.5 Å². The van der Waals surface area contributed by atoms with Gasteiger partial charge in [-0.2, -0.15) is 0 Å². The number of fused-ring (bicyclic) bond motifs is 1. The van der Waals surface area contributed by atoms with Crippen molar-refractivity contribution in [3.05, 3.63) is 119 Å². The number of ether oxygens (including phenoxy) is 4. The van der Waals surface area contributed by atoms with Crippen LogP contribution < -0.4 is 47.9 Å². The van der Waals surface area contributed by atoms with E-state index < -0.39 is 119 Å². The zero-order valence-electron chi connectivity index (χ0n) is 59.2. The van der Waals surface area contributed by atoms with Gasteiger partial charge in [0, 0.05) is 30.0 Å². The molecule has 1 aliphatic carbocycles. The summed E-state index contributed by atoms with van der Waals surface area (Å²) in [4.78, 5) is 154. The molecule has 0 aliphatic heterocycles. The first kappa shape index (κ1) is 80.9. The molecule has 4 aromatic carbocycles. The highest BCUT2D eigenvalue weighted by atomic mass is 35.5. The summed E-state index contributed by atoms with van der Waals surface area (Å²) in [5, 5.41) is 26.6. The zero-order valence-corrected chi connectivity index (χ0v) is 59.9. The second-order valence-corrected chi connectivity index (χ2v) is 28.1. The van der Waals surface area contributed by atoms with Gasteiger partial charge in [-0.05, 0) is 151 Å². The van der Waals surface area contributed by atoms with Gasteiger partial charge in [-0.1, -0.05) is 151 Å². The van der Waals surface area contributed by atoms with E-state index in [1.165, 1.54) is 13.8 Å². The van der Waals surface area contributed by atoms with Crippen molar-refractivity contribution in [2.45, 2.75) is 239 Å². The van der Waals surface area contributed by atoms with Crippen molar-refractivity contribution in [1.82, 2.24) is 47.9 Å². The van der Waals surface area contributed by atoms with Crippen LogP contribution in [-0.2, 0) is 81.7 Å². The van der Waals surface area contributed by atoms with Crippen LogP contribution in [0.4, 0.5) is 9.59 Å². The van der Waals surface area contributed by atoms with E-state index in [0.717, 1.165) is 35.6 Å². The van der Waals surface area contributed by atoms with Crippen molar-refractivity contribution in [1.29, 1.82) is 0 Å². The third-order valence-corrected chi connectivity index (χ3v) is 16.7. The number of benzene rings is 4. The number of esters is 2. The lowest BCUT2D eigenvalue weighted by Crippen LogP contribution is -2.60. The Morgan fingerprint density at radius 3 is 1.56 bits per heavy atom. The lowest BCUT2D eigenvalue weighted by atomic mass is 9.97. The Labute approximate surface area is 587 Å². The Balaban J connectivity index is 1.38. The Kier molecular flexibility index (Phi) is 33.4. The van der Waals surface area contributed by atoms with Gasteiger partial charge in [-0.3, -0.25) is 38.4 Å². The first-order chi connectivity index (χ1) is 46.9. The lowest BCUT2D eigenvalue weighted by Gasteiger charge is -2.29. The Bertz CT molecular complexity index is 3330. The van der Waals surface area contributed by atoms with Crippen LogP contribution in [0.2, 0.25) is 5.02 Å². The van der Waals surface area contributed by atoms with E-state index >= 15 is 0 Å². The third-order valence-electron chi connectivity index (χ3n) is 16.3. The van der Waals surface area contributed by atoms with Crippen molar-refractivity contribution >= 4 is 87.8 Å². The summed E-state index contributed by atoms with van der Waals surface area (Å²) in [6, 6.07) is 18.9. The Hall–Kier alpha value is -8.80. The number of hydrogen-bond acceptors (Lipinski definition) is 15. The van der Waals surface area contributed by atoms with Gasteiger partial charge in [0.15, 0.2) is 0 Å². The molecule has 0 spiro atoms. The van der Waals surface area contributed by atoms with Crippen molar-refractivity contribution in [3.63, 3.8) is 0 Å². The molecule has 5 rings (SSSR count). The number of carbonyl (C=O) groups excluding carboxylic acids is 11. The molecule has 1 aliphatic rings. The van der Waals surface area contributed by atoms with Crippen LogP contribution in [0.3, 0.4) is 0 Å². The molecule has 0 aromatic heterocycles. The molecular weight excluding hydrogens is 1290 g/mol. The SMILES string of the molecule is CC(C)C[C@H](NC(=O)[C@H](C)NC(=O)OC(C)(C)C)C(=O)N[C@@H](C)C(=O)N[C@@H](CCC(=O)OC1CCCCC1)C(=O)N[C@@H](CC(C)C)C(=O)N[C@@H](CC(C)C)C(=O)N[C@@H](CCCCNC(=O)OCc1ccccc1Cl)C(=O)N[C@@H](Cc1cccc2ccccc12)C(=O)OCc1ccccc1. The van der Waals surface area contributed by atoms with E-state index in [9.17, 15) is 52.7 Å². The number of rotatable bonds is 37. The Morgan fingerprint density at radius 1 is 0.475 bits per heavy atom. The summed E-state index contributed by atoms with van der Waals surface area (Å²) >= 11 is 6.26. The average molecular weight is 1400 g/mol. The minimum atomic E-state index is -1.48. The summed E-state index contributed by atoms with van der Waals surface area (Å²) in [5.41, 5.74) is 1.23. The van der Waals surface area contributed by atoms with E-state index in [2.05, 4.69) is 47.9 Å². The minimum Gasteiger partial charge on any atom is -0.462 e. The molecule has 0 bridgehead atoms. The molecule has 0 unspecified atom stereocenters. The molecular formula is C74H104ClN9O15. The number of carbonyl (C=O) groups is 11. The highest BCUT2D eigenvalue weighted by molar-refractivity contribution is 6.31. The van der Waals surface area contributed by atoms with Gasteiger partial charge in [0.05, 0.1) is 0 Å². The molecule has 9 N–H and O–H groups in total. The fourth-order valence-electron chi connectivity index (χ4n) is 11.1. The summed E-state index contributed by atoms with van der Waals surface area (Å²) in [6.45, 7) is 18.7. The van der Waals surface area contributed by atoms with Gasteiger partial charge in [-0.15, -0.1) is 0 Å². The van der Waals surface area contributed by atoms with Gasteiger partial charge in [0.2, 0.25) is 41.4 Å². The number of unbranched alkanes of at least 4 members (excludes halogenated alkanes) is 1. The first-order valence-corrected chi connectivity index (χ1v) is 35.0. The van der Waals surface area contributed by atoms with Crippen LogP contribution in [0.5, 0.6) is 0 Å². The minimum absolute atomic E-state index is 0.00455. The van der Waals surface area contributed by atoms with Gasteiger partial charge in [-0.25, -0.2) is 14.4 Å². The standard InChI is InChI=1S/C74H104ClN9O15/c1-45(2)39-59(81-65(87)49(8)78-73(95)99-74(9,10)11)68(90)77-48(7)64(86)79-58(36-37-63(85)98-54-31-16-13-17-32-54)67(89)82-61(41-47(5)6)70(92)83-60(40-46(3)4)69(91)80-57(35-22-23-38-76-72(94)97-44-53-28-19-21-34-56(53)75)66(88)84-62(71(93)96-43-50-25-14-12-15-26-50)42-52-30-24-29-51-27-18-20-33-55(51)52/h12,14-15,18-21,24-30,33-34,45-49,54,57-62H,13,16-17,22-23,31-32,35-44H2,1-11H3,(H,76,94)(H,77,90)(H,78,95)(H,79,86)(H,80,91)(H,81,87)(H,82,89)(H,83,92)(H,84,88)/t48-,49-,57-,58-,59-,60-,61-,62-/m0/s1. The number of hydrogen-bond donors (Lipinski definition) is 9. The Morgan fingerprint density at radius 2 is 0.960 bits per heavy atom. The number of amides is 9. The van der Waals surface area contributed by atoms with E-state index in [1.807, 2.05) is 102 Å². The number of nitrogens with one attached hydrogen (secondary N) is 9. The summed E-state index contributed by atoms with van der Waals surface area (Å²) in [6.07, 6.45) is 2.50. The molecule has 25 heteroatoms. The maximum Gasteiger partial charge on any atom is 0.408 e. The molecule has 0 heterocycles. The maximum atomic E-state index is 14.9. The molecule has 1 saturated carbocycles. The topological polar surface area (TPSA) is 333 Å². The van der Waals surface area contributed by atoms with Crippen LogP contribution in [0.25, 0.3) is 10.8 Å². The van der Waals surface area contributed by atoms with E-state index in [0.29, 0.717) is 35.4 Å². The molecule has 4 aromatic rings. The summed E-state index contributed by atoms with van der Waals surface area (Å²) in [7, 11) is 0.